The summed E-state index contributed by atoms with van der Waals surface area (Å²) in [6, 6.07) is 7.07. The highest BCUT2D eigenvalue weighted by Gasteiger charge is 2.32. The standard InChI is InChI=1S/C16H23NO2S/c1-3-4-5-6-7-15-12-13-17(15)20(18,19)16-10-8-14(2)9-11-16/h7-11H,3-6,12-13H2,1-2H3/b15-7-. The van der Waals surface area contributed by atoms with E-state index >= 15 is 0 Å². The number of sulfonamides is 1. The molecule has 20 heavy (non-hydrogen) atoms. The molecule has 0 radical (unpaired) electrons. The van der Waals surface area contributed by atoms with Crippen molar-refractivity contribution in [3.8, 4) is 0 Å². The van der Waals surface area contributed by atoms with E-state index in [9.17, 15) is 8.42 Å². The van der Waals surface area contributed by atoms with Gasteiger partial charge in [0.05, 0.1) is 4.90 Å². The van der Waals surface area contributed by atoms with Crippen LogP contribution in [-0.4, -0.2) is 19.3 Å². The third kappa shape index (κ3) is 3.23. The number of unbranched alkanes of at least 4 members (excludes halogenated alkanes) is 3. The van der Waals surface area contributed by atoms with Crippen molar-refractivity contribution in [1.82, 2.24) is 4.31 Å². The molecule has 1 aromatic carbocycles. The van der Waals surface area contributed by atoms with Gasteiger partial charge in [-0.3, -0.25) is 4.31 Å². The molecule has 0 unspecified atom stereocenters. The van der Waals surface area contributed by atoms with Gasteiger partial charge in [-0.1, -0.05) is 43.5 Å². The van der Waals surface area contributed by atoms with E-state index in [0.29, 0.717) is 11.4 Å². The number of nitrogens with zero attached hydrogens (tertiary/aromatic N) is 1. The van der Waals surface area contributed by atoms with Crippen LogP contribution in [0.25, 0.3) is 0 Å². The van der Waals surface area contributed by atoms with Crippen molar-refractivity contribution in [2.45, 2.75) is 50.8 Å². The van der Waals surface area contributed by atoms with E-state index in [2.05, 4.69) is 13.0 Å². The van der Waals surface area contributed by atoms with Crippen molar-refractivity contribution in [2.24, 2.45) is 0 Å². The van der Waals surface area contributed by atoms with Crippen LogP contribution in [0.15, 0.2) is 40.9 Å². The molecule has 0 spiro atoms. The summed E-state index contributed by atoms with van der Waals surface area (Å²) in [6.45, 7) is 4.74. The Labute approximate surface area is 122 Å². The van der Waals surface area contributed by atoms with Gasteiger partial charge >= 0.3 is 0 Å². The molecule has 4 heteroatoms. The number of rotatable bonds is 6. The smallest absolute Gasteiger partial charge is 0.264 e. The lowest BCUT2D eigenvalue weighted by Gasteiger charge is -2.35. The molecule has 1 aliphatic rings. The number of hydrogen-bond acceptors (Lipinski definition) is 2. The van der Waals surface area contributed by atoms with Crippen molar-refractivity contribution in [3.05, 3.63) is 41.6 Å². The summed E-state index contributed by atoms with van der Waals surface area (Å²) >= 11 is 0. The number of aryl methyl sites for hydroxylation is 1. The molecule has 1 aliphatic heterocycles. The van der Waals surface area contributed by atoms with Gasteiger partial charge in [0.2, 0.25) is 0 Å². The predicted molar refractivity (Wildman–Crippen MR) is 81.9 cm³/mol. The van der Waals surface area contributed by atoms with Crippen molar-refractivity contribution in [2.75, 3.05) is 6.54 Å². The quantitative estimate of drug-likeness (QED) is 0.747. The SMILES string of the molecule is CCCCC/C=C1/CCN1S(=O)(=O)c1ccc(C)cc1. The topological polar surface area (TPSA) is 37.4 Å². The highest BCUT2D eigenvalue weighted by atomic mass is 32.2. The summed E-state index contributed by atoms with van der Waals surface area (Å²) in [5.41, 5.74) is 2.03. The molecule has 0 amide bonds. The van der Waals surface area contributed by atoms with Crippen LogP contribution in [0.2, 0.25) is 0 Å². The van der Waals surface area contributed by atoms with E-state index in [0.717, 1.165) is 30.5 Å². The maximum Gasteiger partial charge on any atom is 0.264 e. The Bertz CT molecular complexity index is 573. The Hall–Kier alpha value is -1.29. The third-order valence-corrected chi connectivity index (χ3v) is 5.55. The first-order valence-electron chi connectivity index (χ1n) is 7.34. The fourth-order valence-electron chi connectivity index (χ4n) is 2.31. The molecule has 0 aliphatic carbocycles. The van der Waals surface area contributed by atoms with E-state index in [1.807, 2.05) is 19.1 Å². The maximum absolute atomic E-state index is 12.5. The Morgan fingerprint density at radius 2 is 1.90 bits per heavy atom. The van der Waals surface area contributed by atoms with Crippen LogP contribution in [0.4, 0.5) is 0 Å². The second-order valence-electron chi connectivity index (χ2n) is 5.33. The first-order chi connectivity index (χ1) is 9.55. The first kappa shape index (κ1) is 15.1. The average Bonchev–Trinajstić information content (AvgIpc) is 2.37. The van der Waals surface area contributed by atoms with Crippen LogP contribution in [0.5, 0.6) is 0 Å². The molecule has 110 valence electrons. The monoisotopic (exact) mass is 293 g/mol. The Kier molecular flexibility index (Phi) is 4.86. The minimum Gasteiger partial charge on any atom is -0.270 e. The normalized spacial score (nSPS) is 17.3. The Morgan fingerprint density at radius 1 is 1.20 bits per heavy atom. The molecule has 0 atom stereocenters. The fraction of sp³-hybridized carbons (Fsp3) is 0.500. The van der Waals surface area contributed by atoms with Crippen LogP contribution < -0.4 is 0 Å². The number of hydrogen-bond donors (Lipinski definition) is 0. The van der Waals surface area contributed by atoms with Crippen molar-refractivity contribution >= 4 is 10.0 Å². The Balaban J connectivity index is 2.08. The maximum atomic E-state index is 12.5. The second-order valence-corrected chi connectivity index (χ2v) is 7.19. The summed E-state index contributed by atoms with van der Waals surface area (Å²) in [7, 11) is -3.35. The molecule has 1 aromatic rings. The lowest BCUT2D eigenvalue weighted by atomic mass is 10.1. The van der Waals surface area contributed by atoms with Crippen LogP contribution in [0.1, 0.15) is 44.6 Å². The van der Waals surface area contributed by atoms with Gasteiger partial charge in [0.1, 0.15) is 0 Å². The van der Waals surface area contributed by atoms with Crippen molar-refractivity contribution in [1.29, 1.82) is 0 Å². The molecule has 3 nitrogen and oxygen atoms in total. The van der Waals surface area contributed by atoms with Gasteiger partial charge in [0, 0.05) is 18.7 Å². The summed E-state index contributed by atoms with van der Waals surface area (Å²) in [6.07, 6.45) is 7.46. The lowest BCUT2D eigenvalue weighted by Crippen LogP contribution is -2.40. The van der Waals surface area contributed by atoms with Crippen LogP contribution in [-0.2, 0) is 10.0 Å². The predicted octanol–water partition coefficient (Wildman–Crippen LogP) is 3.85. The zero-order chi connectivity index (χ0) is 14.6. The molecule has 0 aromatic heterocycles. The highest BCUT2D eigenvalue weighted by molar-refractivity contribution is 7.89. The molecule has 0 N–H and O–H groups in total. The van der Waals surface area contributed by atoms with E-state index in [-0.39, 0.29) is 0 Å². The van der Waals surface area contributed by atoms with Gasteiger partial charge in [-0.05, 0) is 31.9 Å². The first-order valence-corrected chi connectivity index (χ1v) is 8.78. The van der Waals surface area contributed by atoms with Crippen LogP contribution in [0, 0.1) is 6.92 Å². The summed E-state index contributed by atoms with van der Waals surface area (Å²) in [5.74, 6) is 0. The fourth-order valence-corrected chi connectivity index (χ4v) is 3.85. The Morgan fingerprint density at radius 3 is 2.45 bits per heavy atom. The molecule has 0 saturated carbocycles. The molecule has 1 heterocycles. The van der Waals surface area contributed by atoms with Crippen molar-refractivity contribution in [3.63, 3.8) is 0 Å². The number of benzene rings is 1. The van der Waals surface area contributed by atoms with Gasteiger partial charge in [-0.25, -0.2) is 8.42 Å². The third-order valence-electron chi connectivity index (χ3n) is 3.69. The minimum atomic E-state index is -3.35. The lowest BCUT2D eigenvalue weighted by molar-refractivity contribution is 0.386. The van der Waals surface area contributed by atoms with Crippen LogP contribution >= 0.6 is 0 Å². The largest absolute Gasteiger partial charge is 0.270 e. The molecule has 1 fully saturated rings. The van der Waals surface area contributed by atoms with Gasteiger partial charge in [0.15, 0.2) is 0 Å². The summed E-state index contributed by atoms with van der Waals surface area (Å²) in [5, 5.41) is 0. The van der Waals surface area contributed by atoms with Gasteiger partial charge < -0.3 is 0 Å². The van der Waals surface area contributed by atoms with Gasteiger partial charge in [0.25, 0.3) is 10.0 Å². The van der Waals surface area contributed by atoms with E-state index in [1.165, 1.54) is 12.8 Å². The minimum absolute atomic E-state index is 0.391. The zero-order valence-corrected chi connectivity index (χ0v) is 13.1. The summed E-state index contributed by atoms with van der Waals surface area (Å²) in [4.78, 5) is 0.391. The number of allylic oxidation sites excluding steroid dienone is 1. The van der Waals surface area contributed by atoms with E-state index in [1.54, 1.807) is 16.4 Å². The molecule has 1 saturated heterocycles. The molecular formula is C16H23NO2S. The van der Waals surface area contributed by atoms with Crippen molar-refractivity contribution < 1.29 is 8.42 Å². The summed E-state index contributed by atoms with van der Waals surface area (Å²) < 4.78 is 26.6. The van der Waals surface area contributed by atoms with Gasteiger partial charge in [-0.15, -0.1) is 0 Å². The average molecular weight is 293 g/mol. The molecule has 0 bridgehead atoms. The molecule has 2 rings (SSSR count). The van der Waals surface area contributed by atoms with E-state index in [4.69, 9.17) is 0 Å². The highest BCUT2D eigenvalue weighted by Crippen LogP contribution is 2.30. The van der Waals surface area contributed by atoms with E-state index < -0.39 is 10.0 Å². The molecular weight excluding hydrogens is 270 g/mol. The second kappa shape index (κ2) is 6.44. The van der Waals surface area contributed by atoms with Crippen LogP contribution in [0.3, 0.4) is 0 Å². The van der Waals surface area contributed by atoms with Gasteiger partial charge in [-0.2, -0.15) is 0 Å². The zero-order valence-electron chi connectivity index (χ0n) is 12.3.